The second-order valence-electron chi connectivity index (χ2n) is 2.26. The standard InChI is InChI=1S/C6H13O5P/c1-2-12(9,10)4-3-11-6(8)5-7/h7H,2-5H2,1H3,(H,9,10). The van der Waals surface area contributed by atoms with E-state index in [0.717, 1.165) is 0 Å². The summed E-state index contributed by atoms with van der Waals surface area (Å²) in [4.78, 5) is 19.4. The van der Waals surface area contributed by atoms with Crippen LogP contribution in [0.3, 0.4) is 0 Å². The van der Waals surface area contributed by atoms with E-state index in [1.807, 2.05) is 0 Å². The number of ether oxygens (including phenoxy) is 1. The first-order chi connectivity index (χ1) is 5.52. The topological polar surface area (TPSA) is 83.8 Å². The van der Waals surface area contributed by atoms with Crippen LogP contribution in [0.1, 0.15) is 6.92 Å². The Morgan fingerprint density at radius 2 is 2.17 bits per heavy atom. The zero-order chi connectivity index (χ0) is 9.61. The lowest BCUT2D eigenvalue weighted by Gasteiger charge is -2.08. The number of carbonyl (C=O) groups is 1. The van der Waals surface area contributed by atoms with E-state index in [-0.39, 0.29) is 18.9 Å². The minimum atomic E-state index is -3.10. The van der Waals surface area contributed by atoms with Crippen LogP contribution in [0.5, 0.6) is 0 Å². The maximum absolute atomic E-state index is 11.0. The van der Waals surface area contributed by atoms with Crippen molar-refractivity contribution in [3.63, 3.8) is 0 Å². The maximum atomic E-state index is 11.0. The van der Waals surface area contributed by atoms with Crippen LogP contribution in [0.25, 0.3) is 0 Å². The van der Waals surface area contributed by atoms with E-state index in [2.05, 4.69) is 4.74 Å². The Balaban J connectivity index is 3.57. The van der Waals surface area contributed by atoms with Gasteiger partial charge < -0.3 is 14.7 Å². The van der Waals surface area contributed by atoms with Crippen molar-refractivity contribution in [3.05, 3.63) is 0 Å². The molecule has 0 saturated heterocycles. The van der Waals surface area contributed by atoms with E-state index in [1.54, 1.807) is 6.92 Å². The summed E-state index contributed by atoms with van der Waals surface area (Å²) in [6.07, 6.45) is 0.124. The fourth-order valence-corrected chi connectivity index (χ4v) is 1.20. The van der Waals surface area contributed by atoms with Crippen molar-refractivity contribution in [2.45, 2.75) is 6.92 Å². The summed E-state index contributed by atoms with van der Waals surface area (Å²) in [5.74, 6) is -0.772. The molecular formula is C6H13O5P. The number of hydrogen-bond donors (Lipinski definition) is 2. The first-order valence-electron chi connectivity index (χ1n) is 3.59. The minimum Gasteiger partial charge on any atom is -0.463 e. The summed E-state index contributed by atoms with van der Waals surface area (Å²) in [6, 6.07) is 0. The molecule has 0 aliphatic rings. The molecule has 0 aromatic rings. The predicted molar refractivity (Wildman–Crippen MR) is 43.3 cm³/mol. The summed E-state index contributed by atoms with van der Waals surface area (Å²) in [5.41, 5.74) is 0. The van der Waals surface area contributed by atoms with E-state index in [4.69, 9.17) is 10.00 Å². The third-order valence-electron chi connectivity index (χ3n) is 1.33. The maximum Gasteiger partial charge on any atom is 0.331 e. The molecule has 6 heteroatoms. The molecule has 0 heterocycles. The van der Waals surface area contributed by atoms with Gasteiger partial charge in [-0.15, -0.1) is 0 Å². The van der Waals surface area contributed by atoms with Crippen molar-refractivity contribution in [2.24, 2.45) is 0 Å². The molecule has 0 aliphatic carbocycles. The Kier molecular flexibility index (Phi) is 5.13. The van der Waals surface area contributed by atoms with Gasteiger partial charge in [-0.1, -0.05) is 6.92 Å². The molecule has 1 atom stereocenters. The van der Waals surface area contributed by atoms with Crippen LogP contribution in [0.4, 0.5) is 0 Å². The number of rotatable bonds is 5. The Bertz CT molecular complexity index is 190. The number of esters is 1. The monoisotopic (exact) mass is 196 g/mol. The second-order valence-corrected chi connectivity index (χ2v) is 5.04. The molecule has 72 valence electrons. The van der Waals surface area contributed by atoms with Crippen molar-refractivity contribution in [3.8, 4) is 0 Å². The van der Waals surface area contributed by atoms with Gasteiger partial charge in [-0.2, -0.15) is 0 Å². The third-order valence-corrected chi connectivity index (χ3v) is 3.20. The quantitative estimate of drug-likeness (QED) is 0.470. The second kappa shape index (κ2) is 5.30. The Labute approximate surface area is 70.8 Å². The van der Waals surface area contributed by atoms with Crippen LogP contribution in [-0.4, -0.2) is 41.5 Å². The number of aliphatic hydroxyl groups is 1. The average molecular weight is 196 g/mol. The van der Waals surface area contributed by atoms with Crippen LogP contribution < -0.4 is 0 Å². The fourth-order valence-electron chi connectivity index (χ4n) is 0.506. The van der Waals surface area contributed by atoms with Gasteiger partial charge in [-0.25, -0.2) is 4.79 Å². The summed E-state index contributed by atoms with van der Waals surface area (Å²) in [6.45, 7) is 0.789. The fraction of sp³-hybridized carbons (Fsp3) is 0.833. The first kappa shape index (κ1) is 11.6. The highest BCUT2D eigenvalue weighted by atomic mass is 31.2. The lowest BCUT2D eigenvalue weighted by molar-refractivity contribution is -0.146. The molecule has 0 fully saturated rings. The highest BCUT2D eigenvalue weighted by Crippen LogP contribution is 2.38. The predicted octanol–water partition coefficient (Wildman–Crippen LogP) is -0.188. The van der Waals surface area contributed by atoms with Crippen molar-refractivity contribution in [2.75, 3.05) is 25.5 Å². The average Bonchev–Trinajstić information content (AvgIpc) is 2.04. The highest BCUT2D eigenvalue weighted by Gasteiger charge is 2.15. The van der Waals surface area contributed by atoms with Crippen molar-refractivity contribution in [1.82, 2.24) is 0 Å². The van der Waals surface area contributed by atoms with Crippen molar-refractivity contribution in [1.29, 1.82) is 0 Å². The molecule has 12 heavy (non-hydrogen) atoms. The lowest BCUT2D eigenvalue weighted by Crippen LogP contribution is -2.12. The summed E-state index contributed by atoms with van der Waals surface area (Å²) >= 11 is 0. The van der Waals surface area contributed by atoms with Crippen molar-refractivity contribution < 1.29 is 24.1 Å². The van der Waals surface area contributed by atoms with Crippen LogP contribution in [0.15, 0.2) is 0 Å². The molecule has 2 N–H and O–H groups in total. The molecule has 0 bridgehead atoms. The molecule has 0 radical (unpaired) electrons. The van der Waals surface area contributed by atoms with Crippen LogP contribution in [-0.2, 0) is 14.1 Å². The molecule has 1 unspecified atom stereocenters. The highest BCUT2D eigenvalue weighted by molar-refractivity contribution is 7.57. The molecule has 0 spiro atoms. The van der Waals surface area contributed by atoms with Gasteiger partial charge in [-0.05, 0) is 0 Å². The van der Waals surface area contributed by atoms with Gasteiger partial charge >= 0.3 is 5.97 Å². The Hall–Kier alpha value is -0.380. The Morgan fingerprint density at radius 1 is 1.58 bits per heavy atom. The van der Waals surface area contributed by atoms with Crippen LogP contribution >= 0.6 is 7.37 Å². The van der Waals surface area contributed by atoms with E-state index >= 15 is 0 Å². The molecule has 5 nitrogen and oxygen atoms in total. The van der Waals surface area contributed by atoms with Gasteiger partial charge in [0.25, 0.3) is 0 Å². The van der Waals surface area contributed by atoms with Gasteiger partial charge in [0.2, 0.25) is 7.37 Å². The van der Waals surface area contributed by atoms with Crippen LogP contribution in [0, 0.1) is 0 Å². The van der Waals surface area contributed by atoms with Crippen LogP contribution in [0.2, 0.25) is 0 Å². The molecule has 0 amide bonds. The van der Waals surface area contributed by atoms with Gasteiger partial charge in [-0.3, -0.25) is 4.57 Å². The van der Waals surface area contributed by atoms with Gasteiger partial charge in [0.05, 0.1) is 6.16 Å². The zero-order valence-corrected chi connectivity index (χ0v) is 7.79. The summed E-state index contributed by atoms with van der Waals surface area (Å²) < 4.78 is 15.4. The smallest absolute Gasteiger partial charge is 0.331 e. The van der Waals surface area contributed by atoms with E-state index in [9.17, 15) is 9.36 Å². The van der Waals surface area contributed by atoms with E-state index < -0.39 is 19.9 Å². The van der Waals surface area contributed by atoms with Gasteiger partial charge in [0.15, 0.2) is 0 Å². The minimum absolute atomic E-state index is 0.0464. The summed E-state index contributed by atoms with van der Waals surface area (Å²) in [5, 5.41) is 8.22. The number of hydrogen-bond acceptors (Lipinski definition) is 4. The number of aliphatic hydroxyl groups excluding tert-OH is 1. The molecule has 0 aliphatic heterocycles. The normalized spacial score (nSPS) is 15.2. The number of carbonyl (C=O) groups excluding carboxylic acids is 1. The summed E-state index contributed by atoms with van der Waals surface area (Å²) in [7, 11) is -3.10. The van der Waals surface area contributed by atoms with Gasteiger partial charge in [0, 0.05) is 6.16 Å². The largest absolute Gasteiger partial charge is 0.463 e. The molecule has 0 saturated carbocycles. The SMILES string of the molecule is CCP(=O)(O)CCOC(=O)CO. The third kappa shape index (κ3) is 5.29. The Morgan fingerprint density at radius 3 is 2.58 bits per heavy atom. The van der Waals surface area contributed by atoms with Gasteiger partial charge in [0.1, 0.15) is 13.2 Å². The van der Waals surface area contributed by atoms with Crippen molar-refractivity contribution >= 4 is 13.3 Å². The lowest BCUT2D eigenvalue weighted by atomic mass is 10.7. The zero-order valence-electron chi connectivity index (χ0n) is 6.89. The van der Waals surface area contributed by atoms with E-state index in [1.165, 1.54) is 0 Å². The molecule has 0 aromatic heterocycles. The molecule has 0 rings (SSSR count). The first-order valence-corrected chi connectivity index (χ1v) is 5.62. The molecular weight excluding hydrogens is 183 g/mol. The van der Waals surface area contributed by atoms with E-state index in [0.29, 0.717) is 0 Å². The molecule has 0 aromatic carbocycles.